The van der Waals surface area contributed by atoms with Gasteiger partial charge in [-0.3, -0.25) is 72.5 Å². The summed E-state index contributed by atoms with van der Waals surface area (Å²) in [5, 5.41) is 77.8. The minimum Gasteiger partial charge on any atom is -0.508 e. The Morgan fingerprint density at radius 3 is 1.48 bits per heavy atom. The van der Waals surface area contributed by atoms with Crippen LogP contribution in [0.15, 0.2) is 79.8 Å². The van der Waals surface area contributed by atoms with E-state index in [-0.39, 0.29) is 81.8 Å². The SMILES string of the molecule is CC(C)C[C@H](NC(=O)[C@H](CCCNC(=N)N)NC(=O)[C@H](Cc1c[nH]c2ccccc12)NC(=O)[C@H](CC(N)=O)NC(=O)[C@H](Cc1cnc[nH]1)NC(=O)[C@H](CCC(N)=O)NC(=O)[C@@H](NC(=O)[C@H](C)NC(=O)[C@@H](N)Cc1ccc(O)cc1)[C@@H](C)O)C(=O)N[C@@H](CCCCN)C(=O)N[C@@H](Cc1cnc[nH]1)C(=O)N[C@@H](CCC(=O)O)C(=O)O. The molecule has 3 heterocycles. The maximum absolute atomic E-state index is 15.2. The Kier molecular flexibility index (Phi) is 36.7. The highest BCUT2D eigenvalue weighted by Crippen LogP contribution is 2.21. The van der Waals surface area contributed by atoms with Crippen LogP contribution in [-0.2, 0) is 97.6 Å². The number of phenolic OH excluding ortho intramolecular Hbond substituents is 1. The summed E-state index contributed by atoms with van der Waals surface area (Å²) in [6.45, 7) is 5.95. The Morgan fingerprint density at radius 1 is 0.496 bits per heavy atom. The number of aliphatic carboxylic acids is 2. The maximum atomic E-state index is 15.2. The number of guanidine groups is 1. The van der Waals surface area contributed by atoms with E-state index >= 15 is 4.79 Å². The van der Waals surface area contributed by atoms with Gasteiger partial charge < -0.3 is 128 Å². The highest BCUT2D eigenvalue weighted by atomic mass is 16.4. The van der Waals surface area contributed by atoms with Crippen LogP contribution in [0.3, 0.4) is 0 Å². The first-order valence-corrected chi connectivity index (χ1v) is 36.4. The summed E-state index contributed by atoms with van der Waals surface area (Å²) >= 11 is 0. The molecule has 0 aliphatic rings. The number of aliphatic hydroxyl groups excluding tert-OH is 1. The van der Waals surface area contributed by atoms with Gasteiger partial charge >= 0.3 is 11.9 Å². The van der Waals surface area contributed by atoms with Crippen LogP contribution in [0.1, 0.15) is 121 Å². The normalized spacial score (nSPS) is 14.6. The number of benzene rings is 2. The lowest BCUT2D eigenvalue weighted by atomic mass is 10.00. The molecule has 0 unspecified atom stereocenters. The van der Waals surface area contributed by atoms with Gasteiger partial charge in [0.1, 0.15) is 72.2 Å². The molecular formula is C71H103N23O19. The van der Waals surface area contributed by atoms with Crippen molar-refractivity contribution in [2.24, 2.45) is 34.6 Å². The molecule has 0 fully saturated rings. The van der Waals surface area contributed by atoms with Gasteiger partial charge in [-0.05, 0) is 113 Å². The number of unbranched alkanes of at least 4 members (excludes halogenated alkanes) is 1. The largest absolute Gasteiger partial charge is 0.508 e. The lowest BCUT2D eigenvalue weighted by Crippen LogP contribution is -2.62. The molecule has 0 spiro atoms. The third-order valence-electron chi connectivity index (χ3n) is 17.6. The Morgan fingerprint density at radius 2 is 0.973 bits per heavy atom. The van der Waals surface area contributed by atoms with Crippen molar-refractivity contribution in [3.63, 3.8) is 0 Å². The number of carbonyl (C=O) groups excluding carboxylic acids is 13. The number of carboxylic acids is 2. The zero-order chi connectivity index (χ0) is 83.6. The number of fused-ring (bicyclic) bond motifs is 1. The predicted octanol–water partition coefficient (Wildman–Crippen LogP) is -5.82. The number of nitrogens with one attached hydrogen (secondary N) is 16. The molecule has 30 N–H and O–H groups in total. The smallest absolute Gasteiger partial charge is 0.326 e. The van der Waals surface area contributed by atoms with Crippen LogP contribution in [0.4, 0.5) is 0 Å². The number of nitrogens with zero attached hydrogens (tertiary/aromatic N) is 2. The molecule has 0 saturated carbocycles. The van der Waals surface area contributed by atoms with E-state index in [1.54, 1.807) is 38.1 Å². The van der Waals surface area contributed by atoms with Crippen molar-refractivity contribution >= 4 is 106 Å². The summed E-state index contributed by atoms with van der Waals surface area (Å²) in [5.41, 5.74) is 30.7. The number of hydrogen-bond donors (Lipinski definition) is 25. The molecule has 616 valence electrons. The first kappa shape index (κ1) is 91.0. The number of carboxylic acid groups (broad SMARTS) is 2. The van der Waals surface area contributed by atoms with E-state index in [0.717, 1.165) is 6.92 Å². The van der Waals surface area contributed by atoms with Crippen LogP contribution < -0.4 is 92.5 Å². The van der Waals surface area contributed by atoms with E-state index in [1.807, 2.05) is 0 Å². The minimum atomic E-state index is -1.98. The van der Waals surface area contributed by atoms with Crippen molar-refractivity contribution in [3.05, 3.63) is 102 Å². The van der Waals surface area contributed by atoms with Crippen LogP contribution in [0, 0.1) is 11.3 Å². The van der Waals surface area contributed by atoms with Crippen molar-refractivity contribution in [1.82, 2.24) is 88.7 Å². The molecule has 13 amide bonds. The maximum Gasteiger partial charge on any atom is 0.326 e. The number of para-hydroxylation sites is 1. The van der Waals surface area contributed by atoms with Gasteiger partial charge in [0, 0.05) is 79.5 Å². The molecule has 0 bridgehead atoms. The average molecular weight is 1580 g/mol. The number of nitrogens with two attached hydrogens (primary N) is 5. The third-order valence-corrected chi connectivity index (χ3v) is 17.6. The summed E-state index contributed by atoms with van der Waals surface area (Å²) in [6.07, 6.45) is 0.813. The van der Waals surface area contributed by atoms with Crippen molar-refractivity contribution in [1.29, 1.82) is 5.41 Å². The number of hydrogen-bond acceptors (Lipinski definition) is 22. The Bertz CT molecular complexity index is 4080. The second-order valence-electron chi connectivity index (χ2n) is 27.5. The molecule has 0 radical (unpaired) electrons. The quantitative estimate of drug-likeness (QED) is 0.00980. The number of rotatable bonds is 50. The monoisotopic (exact) mass is 1580 g/mol. The topological polar surface area (TPSA) is 708 Å². The number of H-pyrrole nitrogens is 3. The van der Waals surface area contributed by atoms with Gasteiger partial charge in [-0.1, -0.05) is 44.2 Å². The third kappa shape index (κ3) is 31.4. The molecule has 42 heteroatoms. The predicted molar refractivity (Wildman–Crippen MR) is 403 cm³/mol. The first-order chi connectivity index (χ1) is 53.5. The van der Waals surface area contributed by atoms with Crippen molar-refractivity contribution < 1.29 is 92.3 Å². The fraction of sp³-hybridized carbons (Fsp3) is 0.493. The first-order valence-electron chi connectivity index (χ1n) is 36.4. The van der Waals surface area contributed by atoms with Crippen LogP contribution in [0.2, 0.25) is 0 Å². The van der Waals surface area contributed by atoms with Gasteiger partial charge in [0.05, 0.1) is 31.2 Å². The fourth-order valence-electron chi connectivity index (χ4n) is 11.6. The Labute approximate surface area is 648 Å². The average Bonchev–Trinajstić information content (AvgIpc) is 1.70. The number of aromatic hydroxyl groups is 1. The molecule has 3 aromatic heterocycles. The molecule has 13 atom stereocenters. The highest BCUT2D eigenvalue weighted by Gasteiger charge is 2.39. The van der Waals surface area contributed by atoms with Gasteiger partial charge in [0.15, 0.2) is 5.96 Å². The lowest BCUT2D eigenvalue weighted by Gasteiger charge is -2.29. The second kappa shape index (κ2) is 45.5. The van der Waals surface area contributed by atoms with Gasteiger partial charge in [-0.2, -0.15) is 0 Å². The van der Waals surface area contributed by atoms with E-state index in [1.165, 1.54) is 62.4 Å². The molecule has 0 aliphatic heterocycles. The summed E-state index contributed by atoms with van der Waals surface area (Å²) in [5.74, 6) is -17.3. The lowest BCUT2D eigenvalue weighted by molar-refractivity contribution is -0.143. The van der Waals surface area contributed by atoms with Gasteiger partial charge in [-0.25, -0.2) is 14.8 Å². The van der Waals surface area contributed by atoms with E-state index in [0.29, 0.717) is 34.1 Å². The molecule has 42 nitrogen and oxygen atoms in total. The standard InChI is InChI=1S/C71H103N23O19/c1-35(2)24-50(64(106)85-46(12-7-8-22-72)61(103)91-52(27-40-31-78-33-82-40)66(108)88-49(70(112)113)19-21-57(99)100)89-62(104)47(13-9-23-80-71(76)77)86-65(107)51(26-39-30-81-45-11-6-5-10-43(39)45)90-68(110)54(29-56(75)98)93-67(109)53(28-41-32-79-34-83-41)92-63(105)48(18-20-55(74)97)87-69(111)58(37(4)95)94-59(101)36(3)84-60(102)44(73)25-38-14-16-42(96)17-15-38/h5-6,10-11,14-17,30-37,44,46-54,58,81,95-96H,7-9,12-13,18-29,72-73H2,1-4H3,(H2,74,97)(H2,75,98)(H,78,82)(H,79,83)(H,84,102)(H,85,106)(H,86,107)(H,87,111)(H,88,108)(H,89,104)(H,90,110)(H,91,103)(H,92,105)(H,93,109)(H,94,101)(H,99,100)(H,112,113)(H4,76,77,80)/t36-,37+,44-,46-,47-,48-,49-,50-,51-,52-,53-,54-,58-/m0/s1. The van der Waals surface area contributed by atoms with Crippen LogP contribution in [-0.4, -0.2) is 232 Å². The second-order valence-corrected chi connectivity index (χ2v) is 27.5. The molecule has 0 aliphatic carbocycles. The summed E-state index contributed by atoms with van der Waals surface area (Å²) in [6, 6.07) is -6.71. The van der Waals surface area contributed by atoms with Gasteiger partial charge in [0.2, 0.25) is 76.8 Å². The van der Waals surface area contributed by atoms with Crippen molar-refractivity contribution in [3.8, 4) is 5.75 Å². The number of phenols is 1. The Balaban J connectivity index is 1.43. The number of aromatic amines is 3. The zero-order valence-corrected chi connectivity index (χ0v) is 62.8. The van der Waals surface area contributed by atoms with Crippen LogP contribution in [0.25, 0.3) is 10.9 Å². The molecule has 5 aromatic rings. The number of imidazole rings is 2. The van der Waals surface area contributed by atoms with Gasteiger partial charge in [0.25, 0.3) is 0 Å². The van der Waals surface area contributed by atoms with Crippen molar-refractivity contribution in [2.75, 3.05) is 13.1 Å². The van der Waals surface area contributed by atoms with Crippen LogP contribution >= 0.6 is 0 Å². The highest BCUT2D eigenvalue weighted by molar-refractivity contribution is 6.01. The van der Waals surface area contributed by atoms with Crippen molar-refractivity contribution in [2.45, 2.75) is 203 Å². The van der Waals surface area contributed by atoms with E-state index < -0.39 is 212 Å². The summed E-state index contributed by atoms with van der Waals surface area (Å²) in [4.78, 5) is 223. The number of primary amides is 2. The fourth-order valence-corrected chi connectivity index (χ4v) is 11.6. The minimum absolute atomic E-state index is 0.00493. The number of amides is 13. The Hall–Kier alpha value is -12.6. The zero-order valence-electron chi connectivity index (χ0n) is 62.8. The number of carbonyl (C=O) groups is 15. The number of aromatic nitrogens is 5. The van der Waals surface area contributed by atoms with E-state index in [2.05, 4.69) is 88.7 Å². The molecular weight excluding hydrogens is 1480 g/mol. The van der Waals surface area contributed by atoms with Crippen LogP contribution in [0.5, 0.6) is 5.75 Å². The van der Waals surface area contributed by atoms with E-state index in [4.69, 9.17) is 34.1 Å². The molecule has 0 saturated heterocycles. The summed E-state index contributed by atoms with van der Waals surface area (Å²) < 4.78 is 0. The summed E-state index contributed by atoms with van der Waals surface area (Å²) in [7, 11) is 0. The molecule has 2 aromatic carbocycles. The van der Waals surface area contributed by atoms with Gasteiger partial charge in [-0.15, -0.1) is 0 Å². The molecule has 113 heavy (non-hydrogen) atoms. The van der Waals surface area contributed by atoms with E-state index in [9.17, 15) is 87.5 Å². The molecule has 5 rings (SSSR count). The number of aliphatic hydroxyl groups is 1.